The van der Waals surface area contributed by atoms with Gasteiger partial charge in [-0.1, -0.05) is 0 Å². The zero-order valence-electron chi connectivity index (χ0n) is 5.59. The summed E-state index contributed by atoms with van der Waals surface area (Å²) >= 11 is 1.55. The first-order chi connectivity index (χ1) is 4.16. The van der Waals surface area contributed by atoms with Gasteiger partial charge >= 0.3 is 5.97 Å². The Morgan fingerprint density at radius 2 is 2.44 bits per heavy atom. The fourth-order valence-corrected chi connectivity index (χ4v) is 1.06. The van der Waals surface area contributed by atoms with Crippen molar-refractivity contribution >= 4 is 27.0 Å². The van der Waals surface area contributed by atoms with Crippen LogP contribution < -0.4 is 0 Å². The molecular weight excluding hydrogens is 155 g/mol. The van der Waals surface area contributed by atoms with Gasteiger partial charge in [0.2, 0.25) is 0 Å². The van der Waals surface area contributed by atoms with Crippen LogP contribution in [0.15, 0.2) is 0 Å². The quantitative estimate of drug-likeness (QED) is 0.464. The Morgan fingerprint density at radius 3 is 2.78 bits per heavy atom. The molecule has 2 atom stereocenters. The predicted octanol–water partition coefficient (Wildman–Crippen LogP) is 1.11. The molecule has 0 aliphatic heterocycles. The van der Waals surface area contributed by atoms with Crippen LogP contribution >= 0.6 is 21.0 Å². The molecule has 2 unspecified atom stereocenters. The Kier molecular flexibility index (Phi) is 5.21. The van der Waals surface area contributed by atoms with Crippen LogP contribution in [0.5, 0.6) is 0 Å². The van der Waals surface area contributed by atoms with E-state index in [1.54, 1.807) is 11.8 Å². The first-order valence-corrected chi connectivity index (χ1v) is 4.32. The third-order valence-corrected chi connectivity index (χ3v) is 2.20. The van der Waals surface area contributed by atoms with Crippen molar-refractivity contribution in [2.24, 2.45) is 0 Å². The van der Waals surface area contributed by atoms with Crippen LogP contribution in [0.4, 0.5) is 0 Å². The Morgan fingerprint density at radius 1 is 1.89 bits per heavy atom. The molecule has 0 rings (SSSR count). The van der Waals surface area contributed by atoms with E-state index in [2.05, 4.69) is 14.0 Å². The lowest BCUT2D eigenvalue weighted by Crippen LogP contribution is -2.04. The molecule has 0 fully saturated rings. The van der Waals surface area contributed by atoms with Crippen molar-refractivity contribution in [2.45, 2.75) is 11.9 Å². The fraction of sp³-hybridized carbons (Fsp3) is 0.800. The summed E-state index contributed by atoms with van der Waals surface area (Å²) in [5.74, 6) is 0.288. The molecule has 0 aromatic carbocycles. The van der Waals surface area contributed by atoms with Crippen molar-refractivity contribution in [3.8, 4) is 0 Å². The molecule has 0 aliphatic rings. The highest BCUT2D eigenvalue weighted by Gasteiger charge is 2.01. The van der Waals surface area contributed by atoms with E-state index in [1.165, 1.54) is 7.11 Å². The number of carbonyl (C=O) groups excluding carboxylic acids is 1. The van der Waals surface area contributed by atoms with E-state index in [-0.39, 0.29) is 5.97 Å². The molecule has 0 aromatic heterocycles. The summed E-state index contributed by atoms with van der Waals surface area (Å²) in [6, 6.07) is 0. The van der Waals surface area contributed by atoms with E-state index >= 15 is 0 Å². The summed E-state index contributed by atoms with van der Waals surface area (Å²) in [6.45, 7) is 2.01. The van der Waals surface area contributed by atoms with Gasteiger partial charge in [-0.2, -0.15) is 0 Å². The average molecular weight is 166 g/mol. The Labute approximate surface area is 61.9 Å². The van der Waals surface area contributed by atoms with Gasteiger partial charge in [0.05, 0.1) is 12.9 Å². The molecule has 9 heavy (non-hydrogen) atoms. The number of rotatable bonds is 3. The van der Waals surface area contributed by atoms with Crippen molar-refractivity contribution in [3.05, 3.63) is 0 Å². The molecule has 0 aromatic rings. The second-order valence-corrected chi connectivity index (χ2v) is 4.44. The fourth-order valence-electron chi connectivity index (χ4n) is 0.258. The van der Waals surface area contributed by atoms with Crippen molar-refractivity contribution in [3.63, 3.8) is 0 Å². The third-order valence-electron chi connectivity index (χ3n) is 0.692. The minimum atomic E-state index is -0.158. The number of hydrogen-bond donors (Lipinski definition) is 0. The zero-order chi connectivity index (χ0) is 7.28. The molecule has 0 aliphatic carbocycles. The number of carbonyl (C=O) groups is 1. The maximum absolute atomic E-state index is 10.5. The second-order valence-electron chi connectivity index (χ2n) is 1.59. The first-order valence-electron chi connectivity index (χ1n) is 2.61. The minimum Gasteiger partial charge on any atom is -0.468 e. The predicted molar refractivity (Wildman–Crippen MR) is 43.6 cm³/mol. The summed E-state index contributed by atoms with van der Waals surface area (Å²) in [4.78, 5) is 10.9. The van der Waals surface area contributed by atoms with E-state index in [1.807, 2.05) is 6.92 Å². The summed E-state index contributed by atoms with van der Waals surface area (Å²) in [5, 5.41) is 0. The highest BCUT2D eigenvalue weighted by atomic mass is 32.2. The topological polar surface area (TPSA) is 26.3 Å². The van der Waals surface area contributed by atoms with E-state index in [4.69, 9.17) is 0 Å². The molecule has 0 N–H and O–H groups in total. The minimum absolute atomic E-state index is 0.158. The van der Waals surface area contributed by atoms with Crippen LogP contribution in [0.1, 0.15) is 6.92 Å². The molecule has 0 saturated carbocycles. The van der Waals surface area contributed by atoms with Crippen LogP contribution in [-0.4, -0.2) is 23.8 Å². The molecule has 0 heterocycles. The molecule has 54 valence electrons. The standard InChI is InChI=1S/C5H11O2PS/c1-4(8)9-3-5(6)7-2/h4H,3,8H2,1-2H3. The maximum Gasteiger partial charge on any atom is 0.315 e. The zero-order valence-corrected chi connectivity index (χ0v) is 7.56. The van der Waals surface area contributed by atoms with Crippen LogP contribution in [-0.2, 0) is 9.53 Å². The van der Waals surface area contributed by atoms with Crippen molar-refractivity contribution in [1.82, 2.24) is 0 Å². The maximum atomic E-state index is 10.5. The van der Waals surface area contributed by atoms with Gasteiger partial charge in [-0.05, 0) is 6.92 Å². The van der Waals surface area contributed by atoms with Gasteiger partial charge in [0.1, 0.15) is 0 Å². The normalized spacial score (nSPS) is 12.8. The van der Waals surface area contributed by atoms with Gasteiger partial charge < -0.3 is 4.74 Å². The SMILES string of the molecule is COC(=O)CSC(C)P. The molecule has 4 heteroatoms. The number of methoxy groups -OCH3 is 1. The highest BCUT2D eigenvalue weighted by molar-refractivity contribution is 8.03. The van der Waals surface area contributed by atoms with Crippen molar-refractivity contribution in [2.75, 3.05) is 12.9 Å². The van der Waals surface area contributed by atoms with E-state index < -0.39 is 0 Å². The molecule has 0 saturated heterocycles. The monoisotopic (exact) mass is 166 g/mol. The summed E-state index contributed by atoms with van der Waals surface area (Å²) in [6.07, 6.45) is 0. The number of ether oxygens (including phenoxy) is 1. The van der Waals surface area contributed by atoms with E-state index in [9.17, 15) is 4.79 Å². The largest absolute Gasteiger partial charge is 0.468 e. The van der Waals surface area contributed by atoms with Gasteiger partial charge in [-0.15, -0.1) is 21.0 Å². The Bertz CT molecular complexity index is 95.0. The van der Waals surface area contributed by atoms with Gasteiger partial charge in [-0.3, -0.25) is 4.79 Å². The Hall–Kier alpha value is 0.250. The van der Waals surface area contributed by atoms with Gasteiger partial charge in [0, 0.05) is 4.99 Å². The van der Waals surface area contributed by atoms with Gasteiger partial charge in [-0.25, -0.2) is 0 Å². The van der Waals surface area contributed by atoms with Crippen LogP contribution in [0, 0.1) is 0 Å². The van der Waals surface area contributed by atoms with Crippen LogP contribution in [0.3, 0.4) is 0 Å². The molecule has 0 bridgehead atoms. The van der Waals surface area contributed by atoms with Crippen molar-refractivity contribution < 1.29 is 9.53 Å². The summed E-state index contributed by atoms with van der Waals surface area (Å²) in [5.41, 5.74) is 0. The number of hydrogen-bond acceptors (Lipinski definition) is 3. The molecule has 0 radical (unpaired) electrons. The van der Waals surface area contributed by atoms with E-state index in [0.717, 1.165) is 0 Å². The lowest BCUT2D eigenvalue weighted by atomic mass is 10.8. The van der Waals surface area contributed by atoms with Crippen LogP contribution in [0.2, 0.25) is 0 Å². The summed E-state index contributed by atoms with van der Waals surface area (Å²) in [7, 11) is 4.00. The first kappa shape index (κ1) is 9.25. The average Bonchev–Trinajstić information content (AvgIpc) is 1.83. The molecule has 2 nitrogen and oxygen atoms in total. The van der Waals surface area contributed by atoms with E-state index in [0.29, 0.717) is 10.7 Å². The van der Waals surface area contributed by atoms with Gasteiger partial charge in [0.25, 0.3) is 0 Å². The highest BCUT2D eigenvalue weighted by Crippen LogP contribution is 2.15. The summed E-state index contributed by atoms with van der Waals surface area (Å²) < 4.78 is 4.43. The molecule has 0 amide bonds. The second kappa shape index (κ2) is 5.07. The molecular formula is C5H11O2PS. The Balaban J connectivity index is 3.17. The van der Waals surface area contributed by atoms with Crippen LogP contribution in [0.25, 0.3) is 0 Å². The molecule has 0 spiro atoms. The number of esters is 1. The van der Waals surface area contributed by atoms with Crippen molar-refractivity contribution in [1.29, 1.82) is 0 Å². The third kappa shape index (κ3) is 6.13. The number of thioether (sulfide) groups is 1. The smallest absolute Gasteiger partial charge is 0.315 e. The lowest BCUT2D eigenvalue weighted by Gasteiger charge is -2.01. The lowest BCUT2D eigenvalue weighted by molar-refractivity contribution is -0.137. The van der Waals surface area contributed by atoms with Gasteiger partial charge in [0.15, 0.2) is 0 Å².